The third-order valence-electron chi connectivity index (χ3n) is 7.87. The molecule has 36 heavy (non-hydrogen) atoms. The average Bonchev–Trinajstić information content (AvgIpc) is 3.38. The van der Waals surface area contributed by atoms with Crippen LogP contribution in [0.1, 0.15) is 60.5 Å². The van der Waals surface area contributed by atoms with Gasteiger partial charge < -0.3 is 20.7 Å². The molecular weight excluding hydrogens is 448 g/mol. The Bertz CT molecular complexity index is 1170. The Morgan fingerprint density at radius 3 is 2.72 bits per heavy atom. The molecule has 3 N–H and O–H groups in total. The number of carbonyl (C=O) groups is 1. The van der Waals surface area contributed by atoms with E-state index >= 15 is 0 Å². The number of rotatable bonds is 7. The minimum atomic E-state index is 0.0306. The number of aromatic nitrogens is 1. The first kappa shape index (κ1) is 24.3. The summed E-state index contributed by atoms with van der Waals surface area (Å²) in [5, 5.41) is 10.2. The van der Waals surface area contributed by atoms with E-state index in [0.717, 1.165) is 71.6 Å². The molecule has 0 unspecified atom stereocenters. The van der Waals surface area contributed by atoms with Crippen LogP contribution in [0.25, 0.3) is 5.57 Å². The number of carbonyl (C=O) groups excluding carboxylic acids is 1. The van der Waals surface area contributed by atoms with Crippen molar-refractivity contribution in [2.24, 2.45) is 5.41 Å². The van der Waals surface area contributed by atoms with Crippen molar-refractivity contribution in [1.29, 1.82) is 0 Å². The highest BCUT2D eigenvalue weighted by atomic mass is 16.5. The maximum absolute atomic E-state index is 12.9. The molecule has 1 aromatic heterocycles. The summed E-state index contributed by atoms with van der Waals surface area (Å²) in [4.78, 5) is 17.0. The van der Waals surface area contributed by atoms with Gasteiger partial charge >= 0.3 is 0 Å². The highest BCUT2D eigenvalue weighted by Crippen LogP contribution is 2.47. The largest absolute Gasteiger partial charge is 0.492 e. The summed E-state index contributed by atoms with van der Waals surface area (Å²) in [6.45, 7) is 9.60. The number of hydrogen-bond acceptors (Lipinski definition) is 5. The Balaban J connectivity index is 1.22. The third-order valence-corrected chi connectivity index (χ3v) is 7.87. The number of nitrogens with one attached hydrogen (secondary N) is 3. The molecule has 0 radical (unpaired) electrons. The quantitative estimate of drug-likeness (QED) is 0.530. The van der Waals surface area contributed by atoms with Gasteiger partial charge in [0.05, 0.1) is 6.61 Å². The molecule has 1 saturated carbocycles. The van der Waals surface area contributed by atoms with Crippen LogP contribution in [0.4, 0.5) is 0 Å². The second-order valence-corrected chi connectivity index (χ2v) is 10.3. The molecule has 1 amide bonds. The maximum atomic E-state index is 12.9. The Morgan fingerprint density at radius 2 is 1.97 bits per heavy atom. The Hall–Kier alpha value is -3.38. The highest BCUT2D eigenvalue weighted by molar-refractivity contribution is 5.94. The fraction of sp³-hybridized carbons (Fsp3) is 0.400. The van der Waals surface area contributed by atoms with E-state index in [1.807, 2.05) is 36.4 Å². The number of hydrogen-bond donors (Lipinski definition) is 3. The summed E-state index contributed by atoms with van der Waals surface area (Å²) in [5.41, 5.74) is 6.52. The zero-order valence-corrected chi connectivity index (χ0v) is 21.1. The second kappa shape index (κ2) is 10.7. The predicted molar refractivity (Wildman–Crippen MR) is 143 cm³/mol. The van der Waals surface area contributed by atoms with Crippen LogP contribution in [0.2, 0.25) is 0 Å². The summed E-state index contributed by atoms with van der Waals surface area (Å²) < 4.78 is 6.03. The van der Waals surface area contributed by atoms with Gasteiger partial charge in [-0.05, 0) is 86.5 Å². The Morgan fingerprint density at radius 1 is 1.19 bits per heavy atom. The summed E-state index contributed by atoms with van der Waals surface area (Å²) in [7, 11) is 0. The number of benzene rings is 1. The normalized spacial score (nSPS) is 21.8. The van der Waals surface area contributed by atoms with Gasteiger partial charge in [-0.15, -0.1) is 0 Å². The minimum Gasteiger partial charge on any atom is -0.492 e. The van der Waals surface area contributed by atoms with Gasteiger partial charge in [0, 0.05) is 53.8 Å². The Labute approximate surface area is 213 Å². The summed E-state index contributed by atoms with van der Waals surface area (Å²) in [6.07, 6.45) is 10.9. The zero-order valence-electron chi connectivity index (χ0n) is 21.1. The SMILES string of the molecule is C=C/C(=C1/OCC/C1=C(/C)NCc1cccc(C(=O)NC2CC3(CCNCC3)C2)c1)c1ccncc1. The molecule has 1 aromatic carbocycles. The van der Waals surface area contributed by atoms with Crippen LogP contribution in [0.5, 0.6) is 0 Å². The van der Waals surface area contributed by atoms with Crippen molar-refractivity contribution in [2.45, 2.75) is 51.6 Å². The lowest BCUT2D eigenvalue weighted by Crippen LogP contribution is -2.54. The van der Waals surface area contributed by atoms with E-state index in [1.54, 1.807) is 12.4 Å². The van der Waals surface area contributed by atoms with E-state index in [-0.39, 0.29) is 5.91 Å². The van der Waals surface area contributed by atoms with Crippen molar-refractivity contribution in [1.82, 2.24) is 20.9 Å². The summed E-state index contributed by atoms with van der Waals surface area (Å²) >= 11 is 0. The van der Waals surface area contributed by atoms with Crippen LogP contribution in [0.15, 0.2) is 78.5 Å². The fourth-order valence-electron chi connectivity index (χ4n) is 5.81. The molecule has 0 atom stereocenters. The van der Waals surface area contributed by atoms with Crippen molar-refractivity contribution in [2.75, 3.05) is 19.7 Å². The van der Waals surface area contributed by atoms with E-state index < -0.39 is 0 Å². The van der Waals surface area contributed by atoms with Crippen molar-refractivity contribution in [3.05, 3.63) is 95.2 Å². The van der Waals surface area contributed by atoms with Crippen LogP contribution in [-0.4, -0.2) is 36.6 Å². The van der Waals surface area contributed by atoms with Crippen LogP contribution in [0.3, 0.4) is 0 Å². The average molecular weight is 485 g/mol. The van der Waals surface area contributed by atoms with Gasteiger partial charge in [-0.3, -0.25) is 9.78 Å². The van der Waals surface area contributed by atoms with E-state index in [0.29, 0.717) is 24.6 Å². The molecule has 188 valence electrons. The first-order chi connectivity index (χ1) is 17.6. The van der Waals surface area contributed by atoms with Crippen molar-refractivity contribution in [3.63, 3.8) is 0 Å². The van der Waals surface area contributed by atoms with Crippen LogP contribution < -0.4 is 16.0 Å². The Kier molecular flexibility index (Phi) is 7.23. The van der Waals surface area contributed by atoms with Gasteiger partial charge in [-0.2, -0.15) is 0 Å². The van der Waals surface area contributed by atoms with E-state index in [9.17, 15) is 4.79 Å². The van der Waals surface area contributed by atoms with Gasteiger partial charge in [0.15, 0.2) is 0 Å². The molecule has 3 heterocycles. The number of pyridine rings is 1. The molecule has 0 bridgehead atoms. The molecule has 3 aliphatic rings. The summed E-state index contributed by atoms with van der Waals surface area (Å²) in [6, 6.07) is 12.2. The molecule has 3 fully saturated rings. The van der Waals surface area contributed by atoms with E-state index in [2.05, 4.69) is 40.5 Å². The monoisotopic (exact) mass is 484 g/mol. The van der Waals surface area contributed by atoms with Crippen molar-refractivity contribution in [3.8, 4) is 0 Å². The smallest absolute Gasteiger partial charge is 0.251 e. The van der Waals surface area contributed by atoms with Gasteiger partial charge in [-0.1, -0.05) is 24.8 Å². The van der Waals surface area contributed by atoms with Gasteiger partial charge in [0.1, 0.15) is 5.76 Å². The molecule has 1 spiro atoms. The number of nitrogens with zero attached hydrogens (tertiary/aromatic N) is 1. The van der Waals surface area contributed by atoms with Crippen LogP contribution in [0, 0.1) is 5.41 Å². The molecule has 5 rings (SSSR count). The van der Waals surface area contributed by atoms with Crippen molar-refractivity contribution >= 4 is 11.5 Å². The molecule has 6 heteroatoms. The lowest BCUT2D eigenvalue weighted by molar-refractivity contribution is 0.0423. The lowest BCUT2D eigenvalue weighted by atomic mass is 9.60. The number of piperidine rings is 1. The number of amides is 1. The van der Waals surface area contributed by atoms with Crippen LogP contribution in [-0.2, 0) is 11.3 Å². The molecule has 2 saturated heterocycles. The maximum Gasteiger partial charge on any atom is 0.251 e. The van der Waals surface area contributed by atoms with Crippen molar-refractivity contribution < 1.29 is 9.53 Å². The summed E-state index contributed by atoms with van der Waals surface area (Å²) in [5.74, 6) is 0.907. The van der Waals surface area contributed by atoms with E-state index in [1.165, 1.54) is 12.8 Å². The zero-order chi connectivity index (χ0) is 25.0. The number of allylic oxidation sites excluding steroid dienone is 4. The van der Waals surface area contributed by atoms with Crippen LogP contribution >= 0.6 is 0 Å². The first-order valence-corrected chi connectivity index (χ1v) is 13.0. The van der Waals surface area contributed by atoms with Gasteiger partial charge in [0.25, 0.3) is 5.91 Å². The highest BCUT2D eigenvalue weighted by Gasteiger charge is 2.44. The molecule has 6 nitrogen and oxygen atoms in total. The number of ether oxygens (including phenoxy) is 1. The molecule has 2 aliphatic heterocycles. The van der Waals surface area contributed by atoms with Gasteiger partial charge in [0.2, 0.25) is 0 Å². The minimum absolute atomic E-state index is 0.0306. The lowest BCUT2D eigenvalue weighted by Gasteiger charge is -2.50. The fourth-order valence-corrected chi connectivity index (χ4v) is 5.81. The topological polar surface area (TPSA) is 75.3 Å². The molecule has 2 aromatic rings. The first-order valence-electron chi connectivity index (χ1n) is 13.0. The predicted octanol–water partition coefficient (Wildman–Crippen LogP) is 4.72. The molecule has 1 aliphatic carbocycles. The van der Waals surface area contributed by atoms with E-state index in [4.69, 9.17) is 4.74 Å². The van der Waals surface area contributed by atoms with Gasteiger partial charge in [-0.25, -0.2) is 0 Å². The molecular formula is C30H36N4O2. The third kappa shape index (κ3) is 5.24. The standard InChI is InChI=1S/C30H36N4O2/c1-3-26(23-7-12-31-13-8-23)28-27(9-16-36-28)21(2)33-20-22-5-4-6-24(17-22)29(35)34-25-18-30(19-25)10-14-32-15-11-30/h3-8,12-13,17,25,32-33H,1,9-11,14-16,18-20H2,2H3,(H,34,35)/b27-21+,28-26-. The second-order valence-electron chi connectivity index (χ2n) is 10.3.